The predicted molar refractivity (Wildman–Crippen MR) is 80.4 cm³/mol. The number of benzene rings is 1. The summed E-state index contributed by atoms with van der Waals surface area (Å²) >= 11 is 0. The molecule has 1 aliphatic heterocycles. The van der Waals surface area contributed by atoms with E-state index in [2.05, 4.69) is 9.46 Å². The molecule has 25 heavy (non-hydrogen) atoms. The van der Waals surface area contributed by atoms with Crippen molar-refractivity contribution in [2.75, 3.05) is 20.3 Å². The van der Waals surface area contributed by atoms with Gasteiger partial charge in [0.25, 0.3) is 0 Å². The van der Waals surface area contributed by atoms with Gasteiger partial charge in [0, 0.05) is 37.7 Å². The molecule has 1 N–H and O–H groups in total. The number of hydrogen-bond acceptors (Lipinski definition) is 5. The molecule has 1 heterocycles. The van der Waals surface area contributed by atoms with Crippen LogP contribution in [0.25, 0.3) is 0 Å². The highest BCUT2D eigenvalue weighted by Gasteiger charge is 2.55. The third-order valence-electron chi connectivity index (χ3n) is 4.53. The van der Waals surface area contributed by atoms with Gasteiger partial charge in [-0.2, -0.15) is 0 Å². The molecule has 1 aliphatic carbocycles. The molecule has 4 atom stereocenters. The molecule has 0 amide bonds. The smallest absolute Gasteiger partial charge is 0.406 e. The van der Waals surface area contributed by atoms with E-state index in [4.69, 9.17) is 9.47 Å². The van der Waals surface area contributed by atoms with E-state index >= 15 is 0 Å². The molecule has 1 saturated heterocycles. The van der Waals surface area contributed by atoms with Crippen LogP contribution >= 0.6 is 0 Å². The Bertz CT molecular complexity index is 724. The molecule has 0 spiro atoms. The molecular weight excluding hydrogens is 363 g/mol. The quantitative estimate of drug-likeness (QED) is 0.815. The fourth-order valence-corrected chi connectivity index (χ4v) is 4.85. The summed E-state index contributed by atoms with van der Waals surface area (Å²) in [5, 5.41) is 0. The summed E-state index contributed by atoms with van der Waals surface area (Å²) in [5.74, 6) is -0.661. The summed E-state index contributed by atoms with van der Waals surface area (Å²) < 4.78 is 79.1. The number of fused-ring (bicyclic) bond motifs is 1. The van der Waals surface area contributed by atoms with E-state index in [1.165, 1.54) is 19.2 Å². The van der Waals surface area contributed by atoms with Gasteiger partial charge in [-0.3, -0.25) is 0 Å². The van der Waals surface area contributed by atoms with Crippen LogP contribution in [0.5, 0.6) is 5.75 Å². The summed E-state index contributed by atoms with van der Waals surface area (Å²) in [7, 11) is -2.48. The third kappa shape index (κ3) is 3.91. The lowest BCUT2D eigenvalue weighted by atomic mass is 9.68. The number of sulfonamides is 1. The molecule has 6 nitrogen and oxygen atoms in total. The number of alkyl halides is 3. The summed E-state index contributed by atoms with van der Waals surface area (Å²) in [6.07, 6.45) is -4.20. The van der Waals surface area contributed by atoms with Gasteiger partial charge in [-0.25, -0.2) is 13.1 Å². The van der Waals surface area contributed by atoms with Crippen LogP contribution in [0.4, 0.5) is 13.2 Å². The van der Waals surface area contributed by atoms with Crippen LogP contribution in [0.1, 0.15) is 6.42 Å². The van der Waals surface area contributed by atoms with Crippen LogP contribution in [0.15, 0.2) is 29.2 Å². The molecule has 1 aromatic rings. The second kappa shape index (κ2) is 6.75. The van der Waals surface area contributed by atoms with Gasteiger partial charge >= 0.3 is 6.36 Å². The van der Waals surface area contributed by atoms with Crippen LogP contribution in [0.2, 0.25) is 0 Å². The number of hydrogen-bond donors (Lipinski definition) is 1. The molecule has 1 saturated carbocycles. The highest BCUT2D eigenvalue weighted by atomic mass is 32.2. The zero-order valence-electron chi connectivity index (χ0n) is 13.3. The van der Waals surface area contributed by atoms with Crippen molar-refractivity contribution in [1.82, 2.24) is 4.72 Å². The highest BCUT2D eigenvalue weighted by molar-refractivity contribution is 7.89. The van der Waals surface area contributed by atoms with Crippen LogP contribution in [0.3, 0.4) is 0 Å². The Morgan fingerprint density at radius 1 is 1.36 bits per heavy atom. The fourth-order valence-electron chi connectivity index (χ4n) is 3.48. The van der Waals surface area contributed by atoms with Gasteiger partial charge in [0.15, 0.2) is 0 Å². The van der Waals surface area contributed by atoms with Gasteiger partial charge in [0.05, 0.1) is 17.6 Å². The second-order valence-electron chi connectivity index (χ2n) is 6.08. The van der Waals surface area contributed by atoms with E-state index in [9.17, 15) is 21.6 Å². The third-order valence-corrected chi connectivity index (χ3v) is 5.98. The van der Waals surface area contributed by atoms with Crippen molar-refractivity contribution in [2.24, 2.45) is 11.8 Å². The SMILES string of the molecule is COC[C@H]1[C@@H](NS(=O)(=O)c2cccc(OC(F)(F)F)c2)[C@@H]2CCO[C@@H]21. The normalized spacial score (nSPS) is 29.1. The lowest BCUT2D eigenvalue weighted by molar-refractivity contribution is -0.274. The largest absolute Gasteiger partial charge is 0.573 e. The van der Waals surface area contributed by atoms with Gasteiger partial charge in [-0.15, -0.1) is 13.2 Å². The average molecular weight is 381 g/mol. The van der Waals surface area contributed by atoms with Crippen molar-refractivity contribution in [3.05, 3.63) is 24.3 Å². The first kappa shape index (κ1) is 18.4. The van der Waals surface area contributed by atoms with Crippen LogP contribution in [-0.2, 0) is 19.5 Å². The Balaban J connectivity index is 1.76. The predicted octanol–water partition coefficient (Wildman–Crippen LogP) is 1.91. The maximum Gasteiger partial charge on any atom is 0.573 e. The standard InChI is InChI=1S/C15H18F3NO5S/c1-22-8-12-13(11-5-6-23-14(11)12)19-25(20,21)10-4-2-3-9(7-10)24-15(16,17)18/h2-4,7,11-14,19H,5-6,8H2,1H3/t11-,12-,13-,14-/m0/s1. The molecular formula is C15H18F3NO5S. The Morgan fingerprint density at radius 2 is 2.12 bits per heavy atom. The first-order valence-corrected chi connectivity index (χ1v) is 9.18. The van der Waals surface area contributed by atoms with Crippen LogP contribution < -0.4 is 9.46 Å². The second-order valence-corrected chi connectivity index (χ2v) is 7.79. The number of rotatable bonds is 6. The van der Waals surface area contributed by atoms with Gasteiger partial charge in [-0.1, -0.05) is 6.07 Å². The molecule has 0 radical (unpaired) electrons. The number of ether oxygens (including phenoxy) is 3. The molecule has 2 aliphatic rings. The Kier molecular flexibility index (Phi) is 4.97. The van der Waals surface area contributed by atoms with E-state index in [1.807, 2.05) is 0 Å². The van der Waals surface area contributed by atoms with Crippen molar-refractivity contribution in [3.8, 4) is 5.75 Å². The molecule has 1 aromatic carbocycles. The monoisotopic (exact) mass is 381 g/mol. The van der Waals surface area contributed by atoms with Gasteiger partial charge in [0.2, 0.25) is 10.0 Å². The minimum atomic E-state index is -4.89. The van der Waals surface area contributed by atoms with E-state index in [1.54, 1.807) is 0 Å². The number of nitrogens with one attached hydrogen (secondary N) is 1. The van der Waals surface area contributed by atoms with Gasteiger partial charge in [0.1, 0.15) is 5.75 Å². The summed E-state index contributed by atoms with van der Waals surface area (Å²) in [6.45, 7) is 0.897. The summed E-state index contributed by atoms with van der Waals surface area (Å²) in [5.41, 5.74) is 0. The van der Waals surface area contributed by atoms with Gasteiger partial charge in [-0.05, 0) is 18.6 Å². The summed E-state index contributed by atoms with van der Waals surface area (Å²) in [6, 6.07) is 3.94. The molecule has 0 bridgehead atoms. The number of methoxy groups -OCH3 is 1. The summed E-state index contributed by atoms with van der Waals surface area (Å²) in [4.78, 5) is -0.284. The van der Waals surface area contributed by atoms with Crippen LogP contribution in [-0.4, -0.2) is 47.2 Å². The highest BCUT2D eigenvalue weighted by Crippen LogP contribution is 2.44. The van der Waals surface area contributed by atoms with Crippen molar-refractivity contribution in [2.45, 2.75) is 29.8 Å². The molecule has 0 unspecified atom stereocenters. The zero-order valence-corrected chi connectivity index (χ0v) is 14.1. The van der Waals surface area contributed by atoms with E-state index in [-0.39, 0.29) is 28.9 Å². The molecule has 140 valence electrons. The maximum absolute atomic E-state index is 12.6. The Morgan fingerprint density at radius 3 is 2.80 bits per heavy atom. The van der Waals surface area contributed by atoms with E-state index < -0.39 is 22.1 Å². The van der Waals surface area contributed by atoms with Crippen molar-refractivity contribution >= 4 is 10.0 Å². The van der Waals surface area contributed by atoms with Crippen LogP contribution in [0, 0.1) is 11.8 Å². The maximum atomic E-state index is 12.6. The lowest BCUT2D eigenvalue weighted by Gasteiger charge is -2.47. The van der Waals surface area contributed by atoms with Crippen molar-refractivity contribution in [1.29, 1.82) is 0 Å². The molecule has 2 fully saturated rings. The molecule has 3 rings (SSSR count). The molecule has 10 heteroatoms. The molecule has 0 aromatic heterocycles. The van der Waals surface area contributed by atoms with Gasteiger partial charge < -0.3 is 14.2 Å². The number of halogens is 3. The van der Waals surface area contributed by atoms with E-state index in [0.717, 1.165) is 18.6 Å². The Hall–Kier alpha value is -1.36. The average Bonchev–Trinajstić information content (AvgIpc) is 2.94. The first-order valence-electron chi connectivity index (χ1n) is 7.70. The minimum Gasteiger partial charge on any atom is -0.406 e. The van der Waals surface area contributed by atoms with Crippen molar-refractivity contribution < 1.29 is 35.8 Å². The fraction of sp³-hybridized carbons (Fsp3) is 0.600. The topological polar surface area (TPSA) is 73.9 Å². The Labute approximate surface area is 143 Å². The first-order chi connectivity index (χ1) is 11.7. The zero-order chi connectivity index (χ0) is 18.2. The van der Waals surface area contributed by atoms with Crippen molar-refractivity contribution in [3.63, 3.8) is 0 Å². The minimum absolute atomic E-state index is 0.0459. The lowest BCUT2D eigenvalue weighted by Crippen LogP contribution is -2.62. The van der Waals surface area contributed by atoms with E-state index in [0.29, 0.717) is 13.2 Å².